The van der Waals surface area contributed by atoms with Crippen LogP contribution >= 0.6 is 0 Å². The van der Waals surface area contributed by atoms with Crippen molar-refractivity contribution in [2.45, 2.75) is 38.9 Å². The maximum absolute atomic E-state index is 12.6. The first-order valence-corrected chi connectivity index (χ1v) is 8.90. The highest BCUT2D eigenvalue weighted by Gasteiger charge is 2.54. The standard InChI is InChI=1S/C11H14F6O2Si/c1-5-18-7-6-8(19-20(2,3)4)9(10(12,13)14)11(15,16)17/h5H2,1-4H3. The van der Waals surface area contributed by atoms with Gasteiger partial charge in [-0.15, -0.1) is 0 Å². The summed E-state index contributed by atoms with van der Waals surface area (Å²) in [7, 11) is -2.72. The minimum atomic E-state index is -5.62. The van der Waals surface area contributed by atoms with Gasteiger partial charge in [0, 0.05) is 5.92 Å². The normalized spacial score (nSPS) is 12.3. The minimum absolute atomic E-state index is 0.0284. The Balaban J connectivity index is 5.97. The van der Waals surface area contributed by atoms with Crippen LogP contribution in [0.1, 0.15) is 6.92 Å². The molecule has 116 valence electrons. The van der Waals surface area contributed by atoms with E-state index in [1.807, 2.05) is 0 Å². The predicted molar refractivity (Wildman–Crippen MR) is 63.0 cm³/mol. The van der Waals surface area contributed by atoms with Crippen molar-refractivity contribution in [2.75, 3.05) is 6.61 Å². The molecular formula is C11H14F6O2Si. The molecule has 0 rings (SSSR count). The summed E-state index contributed by atoms with van der Waals surface area (Å²) >= 11 is 0. The van der Waals surface area contributed by atoms with Crippen molar-refractivity contribution in [1.82, 2.24) is 0 Å². The number of allylic oxidation sites excluding steroid dienone is 2. The van der Waals surface area contributed by atoms with E-state index in [1.54, 1.807) is 12.0 Å². The second-order valence-electron chi connectivity index (χ2n) is 4.57. The lowest BCUT2D eigenvalue weighted by molar-refractivity contribution is -0.174. The van der Waals surface area contributed by atoms with Crippen LogP contribution < -0.4 is 0 Å². The lowest BCUT2D eigenvalue weighted by Crippen LogP contribution is -2.32. The Bertz CT molecular complexity index is 403. The maximum Gasteiger partial charge on any atom is 0.425 e. The molecule has 0 amide bonds. The number of rotatable bonds is 3. The van der Waals surface area contributed by atoms with E-state index in [-0.39, 0.29) is 6.61 Å². The summed E-state index contributed by atoms with van der Waals surface area (Å²) in [6.07, 6.45) is -9.46. The largest absolute Gasteiger partial charge is 0.538 e. The van der Waals surface area contributed by atoms with Crippen molar-refractivity contribution in [3.63, 3.8) is 0 Å². The van der Waals surface area contributed by atoms with Gasteiger partial charge < -0.3 is 9.16 Å². The van der Waals surface area contributed by atoms with Crippen molar-refractivity contribution < 1.29 is 35.5 Å². The van der Waals surface area contributed by atoms with Gasteiger partial charge in [0.25, 0.3) is 0 Å². The third-order valence-corrected chi connectivity index (χ3v) is 2.40. The van der Waals surface area contributed by atoms with Gasteiger partial charge in [-0.3, -0.25) is 0 Å². The summed E-state index contributed by atoms with van der Waals surface area (Å²) < 4.78 is 84.9. The second-order valence-corrected chi connectivity index (χ2v) is 9.00. The fourth-order valence-corrected chi connectivity index (χ4v) is 1.78. The first-order chi connectivity index (χ1) is 8.79. The zero-order chi connectivity index (χ0) is 16.2. The van der Waals surface area contributed by atoms with Gasteiger partial charge in [-0.25, -0.2) is 0 Å². The Morgan fingerprint density at radius 1 is 1.00 bits per heavy atom. The molecule has 0 unspecified atom stereocenters. The number of hydrogen-bond acceptors (Lipinski definition) is 2. The van der Waals surface area contributed by atoms with E-state index in [0.29, 0.717) is 0 Å². The van der Waals surface area contributed by atoms with E-state index in [2.05, 4.69) is 4.74 Å². The molecule has 2 nitrogen and oxygen atoms in total. The highest BCUT2D eigenvalue weighted by Crippen LogP contribution is 2.41. The molecular weight excluding hydrogens is 306 g/mol. The molecule has 0 heterocycles. The summed E-state index contributed by atoms with van der Waals surface area (Å²) in [5.74, 6) is 0.224. The van der Waals surface area contributed by atoms with E-state index in [4.69, 9.17) is 4.43 Å². The molecule has 0 radical (unpaired) electrons. The van der Waals surface area contributed by atoms with Crippen LogP contribution in [0.3, 0.4) is 0 Å². The highest BCUT2D eigenvalue weighted by atomic mass is 28.4. The summed E-state index contributed by atoms with van der Waals surface area (Å²) in [4.78, 5) is 0. The van der Waals surface area contributed by atoms with E-state index in [1.165, 1.54) is 26.6 Å². The van der Waals surface area contributed by atoms with Gasteiger partial charge in [0.2, 0.25) is 8.32 Å². The smallest absolute Gasteiger partial charge is 0.425 e. The number of alkyl halides is 6. The molecule has 0 aromatic rings. The third-order valence-electron chi connectivity index (χ3n) is 1.58. The molecule has 0 N–H and O–H groups in total. The molecule has 0 aliphatic heterocycles. The topological polar surface area (TPSA) is 18.5 Å². The van der Waals surface area contributed by atoms with Gasteiger partial charge in [0.05, 0.1) is 6.61 Å². The van der Waals surface area contributed by atoms with Crippen molar-refractivity contribution in [2.24, 2.45) is 0 Å². The lowest BCUT2D eigenvalue weighted by Gasteiger charge is -2.23. The molecule has 0 saturated carbocycles. The van der Waals surface area contributed by atoms with E-state index >= 15 is 0 Å². The van der Waals surface area contributed by atoms with Crippen molar-refractivity contribution in [1.29, 1.82) is 0 Å². The van der Waals surface area contributed by atoms with Crippen LogP contribution in [-0.4, -0.2) is 27.3 Å². The van der Waals surface area contributed by atoms with Crippen LogP contribution in [-0.2, 0) is 9.16 Å². The van der Waals surface area contributed by atoms with Gasteiger partial charge in [-0.05, 0) is 26.6 Å². The van der Waals surface area contributed by atoms with Crippen molar-refractivity contribution in [3.8, 4) is 12.0 Å². The van der Waals surface area contributed by atoms with Gasteiger partial charge in [-0.2, -0.15) is 26.3 Å². The van der Waals surface area contributed by atoms with Crippen LogP contribution in [0.5, 0.6) is 0 Å². The number of hydrogen-bond donors (Lipinski definition) is 0. The predicted octanol–water partition coefficient (Wildman–Crippen LogP) is 4.21. The summed E-state index contributed by atoms with van der Waals surface area (Å²) in [6, 6.07) is 0. The first-order valence-electron chi connectivity index (χ1n) is 5.49. The SMILES string of the molecule is CCOC#CC(O[Si](C)(C)C)=C(C(F)(F)F)C(F)(F)F. The quantitative estimate of drug-likeness (QED) is 0.336. The lowest BCUT2D eigenvalue weighted by atomic mass is 10.2. The van der Waals surface area contributed by atoms with Crippen LogP contribution in [0.4, 0.5) is 26.3 Å². The van der Waals surface area contributed by atoms with Crippen LogP contribution in [0.2, 0.25) is 19.6 Å². The van der Waals surface area contributed by atoms with Crippen LogP contribution in [0.25, 0.3) is 0 Å². The molecule has 0 atom stereocenters. The molecule has 0 aromatic heterocycles. The fourth-order valence-electron chi connectivity index (χ4n) is 1.02. The van der Waals surface area contributed by atoms with Crippen LogP contribution in [0.15, 0.2) is 11.3 Å². The Morgan fingerprint density at radius 2 is 1.45 bits per heavy atom. The maximum atomic E-state index is 12.6. The molecule has 0 bridgehead atoms. The number of halogens is 6. The second kappa shape index (κ2) is 6.43. The summed E-state index contributed by atoms with van der Waals surface area (Å²) in [5.41, 5.74) is -2.75. The zero-order valence-electron chi connectivity index (χ0n) is 11.3. The van der Waals surface area contributed by atoms with Gasteiger partial charge in [-0.1, -0.05) is 0 Å². The average Bonchev–Trinajstić information content (AvgIpc) is 2.10. The van der Waals surface area contributed by atoms with Gasteiger partial charge in [0.1, 0.15) is 6.11 Å². The summed E-state index contributed by atoms with van der Waals surface area (Å²) in [5, 5.41) is 0. The number of ether oxygens (including phenoxy) is 1. The van der Waals surface area contributed by atoms with E-state index < -0.39 is 32.0 Å². The molecule has 0 aliphatic rings. The van der Waals surface area contributed by atoms with Gasteiger partial charge in [0.15, 0.2) is 11.3 Å². The fraction of sp³-hybridized carbons (Fsp3) is 0.636. The third kappa shape index (κ3) is 6.74. The Labute approximate surface area is 113 Å². The monoisotopic (exact) mass is 320 g/mol. The Hall–Kier alpha value is -1.30. The zero-order valence-corrected chi connectivity index (χ0v) is 12.3. The molecule has 9 heteroatoms. The molecule has 0 fully saturated rings. The van der Waals surface area contributed by atoms with Crippen molar-refractivity contribution in [3.05, 3.63) is 11.3 Å². The van der Waals surface area contributed by atoms with Crippen molar-refractivity contribution >= 4 is 8.32 Å². The van der Waals surface area contributed by atoms with E-state index in [0.717, 1.165) is 0 Å². The van der Waals surface area contributed by atoms with E-state index in [9.17, 15) is 26.3 Å². The average molecular weight is 320 g/mol. The molecule has 0 spiro atoms. The molecule has 0 aliphatic carbocycles. The summed E-state index contributed by atoms with van der Waals surface area (Å²) in [6.45, 7) is 5.85. The Kier molecular flexibility index (Phi) is 6.01. The molecule has 20 heavy (non-hydrogen) atoms. The molecule has 0 saturated heterocycles. The highest BCUT2D eigenvalue weighted by molar-refractivity contribution is 6.70. The Morgan fingerprint density at radius 3 is 1.75 bits per heavy atom. The van der Waals surface area contributed by atoms with Gasteiger partial charge >= 0.3 is 12.4 Å². The van der Waals surface area contributed by atoms with Crippen LogP contribution in [0, 0.1) is 12.0 Å². The minimum Gasteiger partial charge on any atom is -0.538 e. The molecule has 0 aromatic carbocycles. The first kappa shape index (κ1) is 18.7.